The molecule has 1 N–H and O–H groups in total. The van der Waals surface area contributed by atoms with Gasteiger partial charge in [-0.1, -0.05) is 6.92 Å². The normalized spacial score (nSPS) is 14.0. The Morgan fingerprint density at radius 2 is 1.83 bits per heavy atom. The molecule has 132 valence electrons. The number of halogens is 3. The molecule has 1 rings (SSSR count). The SMILES string of the molecule is CCC(C)N(C)CCNS(=O)(=O)c1ccc(OC(F)(F)F)cc1. The van der Waals surface area contributed by atoms with Crippen LogP contribution in [-0.4, -0.2) is 45.9 Å². The van der Waals surface area contributed by atoms with Crippen molar-refractivity contribution in [2.75, 3.05) is 20.1 Å². The third-order valence-corrected chi connectivity index (χ3v) is 4.94. The van der Waals surface area contributed by atoms with Gasteiger partial charge in [0.1, 0.15) is 5.75 Å². The van der Waals surface area contributed by atoms with E-state index in [-0.39, 0.29) is 11.4 Å². The average Bonchev–Trinajstić information content (AvgIpc) is 2.45. The fourth-order valence-electron chi connectivity index (χ4n) is 1.79. The van der Waals surface area contributed by atoms with E-state index in [0.717, 1.165) is 30.7 Å². The Balaban J connectivity index is 2.63. The van der Waals surface area contributed by atoms with Crippen LogP contribution in [0.4, 0.5) is 13.2 Å². The first-order valence-corrected chi connectivity index (χ1v) is 8.59. The predicted molar refractivity (Wildman–Crippen MR) is 80.7 cm³/mol. The van der Waals surface area contributed by atoms with Gasteiger partial charge in [0.05, 0.1) is 4.90 Å². The second kappa shape index (κ2) is 7.98. The predicted octanol–water partition coefficient (Wildman–Crippen LogP) is 2.59. The van der Waals surface area contributed by atoms with E-state index in [4.69, 9.17) is 0 Å². The fourth-order valence-corrected chi connectivity index (χ4v) is 2.81. The molecule has 23 heavy (non-hydrogen) atoms. The van der Waals surface area contributed by atoms with Gasteiger partial charge in [-0.05, 0) is 44.7 Å². The summed E-state index contributed by atoms with van der Waals surface area (Å²) in [5, 5.41) is 0. The molecular weight excluding hydrogens is 333 g/mol. The summed E-state index contributed by atoms with van der Waals surface area (Å²) in [4.78, 5) is 1.90. The van der Waals surface area contributed by atoms with Gasteiger partial charge in [0.15, 0.2) is 0 Å². The van der Waals surface area contributed by atoms with Crippen molar-refractivity contribution in [1.82, 2.24) is 9.62 Å². The van der Waals surface area contributed by atoms with E-state index in [9.17, 15) is 21.6 Å². The molecule has 1 unspecified atom stereocenters. The van der Waals surface area contributed by atoms with Gasteiger partial charge < -0.3 is 9.64 Å². The van der Waals surface area contributed by atoms with Crippen molar-refractivity contribution in [2.45, 2.75) is 37.6 Å². The number of likely N-dealkylation sites (N-methyl/N-ethyl adjacent to an activating group) is 1. The quantitative estimate of drug-likeness (QED) is 0.780. The zero-order valence-electron chi connectivity index (χ0n) is 13.2. The van der Waals surface area contributed by atoms with Crippen molar-refractivity contribution in [1.29, 1.82) is 0 Å². The Morgan fingerprint density at radius 3 is 2.30 bits per heavy atom. The Hall–Kier alpha value is -1.32. The lowest BCUT2D eigenvalue weighted by Gasteiger charge is -2.23. The molecule has 0 saturated heterocycles. The van der Waals surface area contributed by atoms with Crippen LogP contribution >= 0.6 is 0 Å². The highest BCUT2D eigenvalue weighted by Gasteiger charge is 2.31. The van der Waals surface area contributed by atoms with Crippen molar-refractivity contribution in [3.63, 3.8) is 0 Å². The molecule has 0 aliphatic heterocycles. The molecule has 1 aromatic carbocycles. The summed E-state index contributed by atoms with van der Waals surface area (Å²) in [5.41, 5.74) is 0. The molecule has 0 aliphatic rings. The van der Waals surface area contributed by atoms with Crippen LogP contribution in [0, 0.1) is 0 Å². The second-order valence-corrected chi connectivity index (χ2v) is 6.92. The van der Waals surface area contributed by atoms with E-state index >= 15 is 0 Å². The van der Waals surface area contributed by atoms with Crippen LogP contribution in [0.5, 0.6) is 5.75 Å². The summed E-state index contributed by atoms with van der Waals surface area (Å²) in [5.74, 6) is -0.465. The first-order chi connectivity index (χ1) is 10.5. The third-order valence-electron chi connectivity index (χ3n) is 3.47. The smallest absolute Gasteiger partial charge is 0.406 e. The van der Waals surface area contributed by atoms with Gasteiger partial charge in [-0.25, -0.2) is 13.1 Å². The average molecular weight is 354 g/mol. The first-order valence-electron chi connectivity index (χ1n) is 7.11. The molecule has 0 saturated carbocycles. The molecule has 0 spiro atoms. The minimum atomic E-state index is -4.81. The Morgan fingerprint density at radius 1 is 1.26 bits per heavy atom. The lowest BCUT2D eigenvalue weighted by molar-refractivity contribution is -0.274. The van der Waals surface area contributed by atoms with Gasteiger partial charge in [-0.3, -0.25) is 0 Å². The molecule has 9 heteroatoms. The molecule has 0 bridgehead atoms. The highest BCUT2D eigenvalue weighted by molar-refractivity contribution is 7.89. The monoisotopic (exact) mass is 354 g/mol. The third kappa shape index (κ3) is 6.76. The Labute approximate surface area is 134 Å². The molecule has 0 aromatic heterocycles. The highest BCUT2D eigenvalue weighted by atomic mass is 32.2. The minimum absolute atomic E-state index is 0.113. The number of alkyl halides is 3. The van der Waals surface area contributed by atoms with Crippen LogP contribution < -0.4 is 9.46 Å². The Kier molecular flexibility index (Phi) is 6.84. The van der Waals surface area contributed by atoms with Crippen molar-refractivity contribution < 1.29 is 26.3 Å². The summed E-state index contributed by atoms with van der Waals surface area (Å²) in [6.45, 7) is 4.82. The summed E-state index contributed by atoms with van der Waals surface area (Å²) < 4.78 is 66.4. The van der Waals surface area contributed by atoms with E-state index in [1.54, 1.807) is 0 Å². The van der Waals surface area contributed by atoms with E-state index in [2.05, 4.69) is 9.46 Å². The maximum atomic E-state index is 12.1. The van der Waals surface area contributed by atoms with Crippen molar-refractivity contribution in [3.05, 3.63) is 24.3 Å². The topological polar surface area (TPSA) is 58.6 Å². The molecule has 0 radical (unpaired) electrons. The highest BCUT2D eigenvalue weighted by Crippen LogP contribution is 2.23. The maximum Gasteiger partial charge on any atom is 0.573 e. The molecule has 1 atom stereocenters. The number of ether oxygens (including phenoxy) is 1. The van der Waals surface area contributed by atoms with Crippen LogP contribution in [0.3, 0.4) is 0 Å². The number of hydrogen-bond acceptors (Lipinski definition) is 4. The van der Waals surface area contributed by atoms with Gasteiger partial charge >= 0.3 is 6.36 Å². The van der Waals surface area contributed by atoms with E-state index in [1.807, 2.05) is 25.8 Å². The number of hydrogen-bond donors (Lipinski definition) is 1. The number of sulfonamides is 1. The van der Waals surface area contributed by atoms with Gasteiger partial charge in [0.2, 0.25) is 10.0 Å². The molecular formula is C14H21F3N2O3S. The lowest BCUT2D eigenvalue weighted by Crippen LogP contribution is -2.37. The summed E-state index contributed by atoms with van der Waals surface area (Å²) in [6.07, 6.45) is -3.86. The van der Waals surface area contributed by atoms with Gasteiger partial charge in [0, 0.05) is 19.1 Å². The van der Waals surface area contributed by atoms with E-state index in [1.165, 1.54) is 0 Å². The van der Waals surface area contributed by atoms with Gasteiger partial charge in [-0.15, -0.1) is 13.2 Å². The number of benzene rings is 1. The van der Waals surface area contributed by atoms with Crippen LogP contribution in [0.2, 0.25) is 0 Å². The van der Waals surface area contributed by atoms with Crippen LogP contribution in [0.1, 0.15) is 20.3 Å². The standard InChI is InChI=1S/C14H21F3N2O3S/c1-4-11(2)19(3)10-9-18-23(20,21)13-7-5-12(6-8-13)22-14(15,16)17/h5-8,11,18H,4,9-10H2,1-3H3. The number of nitrogens with zero attached hydrogens (tertiary/aromatic N) is 1. The molecule has 0 heterocycles. The fraction of sp³-hybridized carbons (Fsp3) is 0.571. The number of rotatable bonds is 8. The van der Waals surface area contributed by atoms with Crippen LogP contribution in [0.15, 0.2) is 29.2 Å². The van der Waals surface area contributed by atoms with E-state index < -0.39 is 22.1 Å². The molecule has 0 amide bonds. The largest absolute Gasteiger partial charge is 0.573 e. The zero-order chi connectivity index (χ0) is 17.7. The lowest BCUT2D eigenvalue weighted by atomic mass is 10.2. The summed E-state index contributed by atoms with van der Waals surface area (Å²) >= 11 is 0. The summed E-state index contributed by atoms with van der Waals surface area (Å²) in [7, 11) is -1.87. The minimum Gasteiger partial charge on any atom is -0.406 e. The van der Waals surface area contributed by atoms with Crippen LogP contribution in [-0.2, 0) is 10.0 Å². The number of nitrogens with one attached hydrogen (secondary N) is 1. The van der Waals surface area contributed by atoms with Crippen molar-refractivity contribution in [2.24, 2.45) is 0 Å². The van der Waals surface area contributed by atoms with Crippen molar-refractivity contribution in [3.8, 4) is 5.75 Å². The van der Waals surface area contributed by atoms with Gasteiger partial charge in [-0.2, -0.15) is 0 Å². The molecule has 1 aromatic rings. The molecule has 0 fully saturated rings. The summed E-state index contributed by atoms with van der Waals surface area (Å²) in [6, 6.07) is 4.41. The first kappa shape index (κ1) is 19.7. The van der Waals surface area contributed by atoms with E-state index in [0.29, 0.717) is 12.6 Å². The van der Waals surface area contributed by atoms with Crippen LogP contribution in [0.25, 0.3) is 0 Å². The van der Waals surface area contributed by atoms with Crippen molar-refractivity contribution >= 4 is 10.0 Å². The Bertz CT molecular complexity index is 588. The molecule has 0 aliphatic carbocycles. The second-order valence-electron chi connectivity index (χ2n) is 5.15. The molecule has 5 nitrogen and oxygen atoms in total. The zero-order valence-corrected chi connectivity index (χ0v) is 14.0. The maximum absolute atomic E-state index is 12.1. The van der Waals surface area contributed by atoms with Gasteiger partial charge in [0.25, 0.3) is 0 Å².